The van der Waals surface area contributed by atoms with Crippen molar-refractivity contribution in [2.24, 2.45) is 0 Å². The van der Waals surface area contributed by atoms with E-state index in [4.69, 9.17) is 4.74 Å². The van der Waals surface area contributed by atoms with Crippen molar-refractivity contribution in [3.8, 4) is 11.1 Å². The largest absolute Gasteiger partial charge is 0.441 e. The van der Waals surface area contributed by atoms with Gasteiger partial charge in [-0.05, 0) is 36.5 Å². The maximum absolute atomic E-state index is 13.6. The summed E-state index contributed by atoms with van der Waals surface area (Å²) in [5.74, 6) is -2.97. The number of Topliss-reactive ketones (excluding diaryl/α,β-unsaturated/α-hetero) is 1. The molecular formula is C24H25F2NO4. The fourth-order valence-electron chi connectivity index (χ4n) is 4.54. The van der Waals surface area contributed by atoms with Crippen molar-refractivity contribution in [2.75, 3.05) is 6.54 Å². The Morgan fingerprint density at radius 1 is 1.10 bits per heavy atom. The van der Waals surface area contributed by atoms with Crippen LogP contribution in [0.4, 0.5) is 13.6 Å². The molecule has 164 valence electrons. The number of ketones is 1. The molecule has 1 atom stereocenters. The molecule has 1 N–H and O–H groups in total. The summed E-state index contributed by atoms with van der Waals surface area (Å²) in [6, 6.07) is 14.0. The topological polar surface area (TPSA) is 66.8 Å². The molecule has 4 rings (SSSR count). The average molecular weight is 429 g/mol. The molecule has 1 unspecified atom stereocenters. The number of carbonyl (C=O) groups excluding carboxylic acids is 2. The smallest absolute Gasteiger partial charge is 0.411 e. The Morgan fingerprint density at radius 3 is 2.39 bits per heavy atom. The van der Waals surface area contributed by atoms with Crippen molar-refractivity contribution in [1.82, 2.24) is 4.90 Å². The highest BCUT2D eigenvalue weighted by atomic mass is 19.3. The van der Waals surface area contributed by atoms with Gasteiger partial charge in [0.2, 0.25) is 5.92 Å². The van der Waals surface area contributed by atoms with E-state index in [1.807, 2.05) is 24.3 Å². The molecule has 7 heteroatoms. The SMILES string of the molecule is CC1N(CC(=O)c2ccc(-c3ccccc3CO)cc2)C(=O)OC12CCC(F)(F)CC2. The van der Waals surface area contributed by atoms with Crippen molar-refractivity contribution < 1.29 is 28.2 Å². The normalized spacial score (nSPS) is 21.9. The van der Waals surface area contributed by atoms with Gasteiger partial charge in [-0.25, -0.2) is 13.6 Å². The first-order valence-corrected chi connectivity index (χ1v) is 10.4. The second-order valence-corrected chi connectivity index (χ2v) is 8.41. The van der Waals surface area contributed by atoms with E-state index in [1.54, 1.807) is 31.2 Å². The molecule has 0 bridgehead atoms. The molecule has 1 aliphatic carbocycles. The van der Waals surface area contributed by atoms with E-state index >= 15 is 0 Å². The minimum atomic E-state index is -2.73. The number of rotatable bonds is 5. The van der Waals surface area contributed by atoms with Gasteiger partial charge in [0.05, 0.1) is 19.2 Å². The highest BCUT2D eigenvalue weighted by Crippen LogP contribution is 2.46. The quantitative estimate of drug-likeness (QED) is 0.693. The van der Waals surface area contributed by atoms with Crippen LogP contribution in [-0.4, -0.2) is 46.0 Å². The molecule has 0 aromatic heterocycles. The lowest BCUT2D eigenvalue weighted by Gasteiger charge is -2.38. The zero-order valence-electron chi connectivity index (χ0n) is 17.3. The van der Waals surface area contributed by atoms with Gasteiger partial charge in [0.15, 0.2) is 5.78 Å². The second kappa shape index (κ2) is 8.04. The summed E-state index contributed by atoms with van der Waals surface area (Å²) in [5.41, 5.74) is 2.05. The predicted octanol–water partition coefficient (Wildman–Crippen LogP) is 4.82. The van der Waals surface area contributed by atoms with Crippen LogP contribution < -0.4 is 0 Å². The third-order valence-electron chi connectivity index (χ3n) is 6.60. The number of aliphatic hydroxyl groups is 1. The van der Waals surface area contributed by atoms with E-state index in [2.05, 4.69) is 0 Å². The molecular weight excluding hydrogens is 404 g/mol. The average Bonchev–Trinajstić information content (AvgIpc) is 3.00. The number of ether oxygens (including phenoxy) is 1. The van der Waals surface area contributed by atoms with Gasteiger partial charge in [0, 0.05) is 18.4 Å². The fourth-order valence-corrected chi connectivity index (χ4v) is 4.54. The van der Waals surface area contributed by atoms with Gasteiger partial charge in [-0.15, -0.1) is 0 Å². The first kappa shape index (κ1) is 21.4. The lowest BCUT2D eigenvalue weighted by atomic mass is 9.78. The molecule has 1 heterocycles. The molecule has 1 saturated carbocycles. The maximum Gasteiger partial charge on any atom is 0.411 e. The van der Waals surface area contributed by atoms with Gasteiger partial charge in [0.1, 0.15) is 5.60 Å². The number of nitrogens with zero attached hydrogens (tertiary/aromatic N) is 1. The fraction of sp³-hybridized carbons (Fsp3) is 0.417. The van der Waals surface area contributed by atoms with E-state index in [0.29, 0.717) is 5.56 Å². The Labute approximate surface area is 179 Å². The number of carbonyl (C=O) groups is 2. The maximum atomic E-state index is 13.6. The number of aliphatic hydroxyl groups excluding tert-OH is 1. The molecule has 5 nitrogen and oxygen atoms in total. The van der Waals surface area contributed by atoms with Crippen LogP contribution in [0.25, 0.3) is 11.1 Å². The highest BCUT2D eigenvalue weighted by molar-refractivity contribution is 5.99. The van der Waals surface area contributed by atoms with E-state index in [0.717, 1.165) is 16.7 Å². The summed E-state index contributed by atoms with van der Waals surface area (Å²) in [4.78, 5) is 26.6. The Balaban J connectivity index is 1.46. The Bertz CT molecular complexity index is 979. The Morgan fingerprint density at radius 2 is 1.74 bits per heavy atom. The van der Waals surface area contributed by atoms with Crippen LogP contribution in [0.5, 0.6) is 0 Å². The highest BCUT2D eigenvalue weighted by Gasteiger charge is 2.56. The number of alkyl halides is 2. The third-order valence-corrected chi connectivity index (χ3v) is 6.60. The van der Waals surface area contributed by atoms with Gasteiger partial charge in [-0.3, -0.25) is 9.69 Å². The van der Waals surface area contributed by atoms with Crippen LogP contribution >= 0.6 is 0 Å². The van der Waals surface area contributed by atoms with Crippen LogP contribution in [-0.2, 0) is 11.3 Å². The van der Waals surface area contributed by atoms with Gasteiger partial charge in [0.25, 0.3) is 0 Å². The molecule has 1 saturated heterocycles. The molecule has 0 radical (unpaired) electrons. The summed E-state index contributed by atoms with van der Waals surface area (Å²) in [7, 11) is 0. The van der Waals surface area contributed by atoms with Crippen LogP contribution in [0.15, 0.2) is 48.5 Å². The summed E-state index contributed by atoms with van der Waals surface area (Å²) >= 11 is 0. The number of hydrogen-bond acceptors (Lipinski definition) is 4. The second-order valence-electron chi connectivity index (χ2n) is 8.41. The molecule has 1 spiro atoms. The van der Waals surface area contributed by atoms with E-state index in [1.165, 1.54) is 4.90 Å². The van der Waals surface area contributed by atoms with Crippen molar-refractivity contribution in [2.45, 2.75) is 56.8 Å². The van der Waals surface area contributed by atoms with Gasteiger partial charge in [-0.1, -0.05) is 48.5 Å². The van der Waals surface area contributed by atoms with Crippen molar-refractivity contribution in [3.63, 3.8) is 0 Å². The molecule has 2 aromatic carbocycles. The van der Waals surface area contributed by atoms with Crippen LogP contribution in [0.1, 0.15) is 48.5 Å². The first-order chi connectivity index (χ1) is 14.7. The minimum Gasteiger partial charge on any atom is -0.441 e. The Hall–Kier alpha value is -2.80. The van der Waals surface area contributed by atoms with Crippen LogP contribution in [0.3, 0.4) is 0 Å². The standard InChI is InChI=1S/C24H25F2NO4/c1-16-23(10-12-24(25,26)13-11-23)31-22(30)27(16)14-21(29)18-8-6-17(7-9-18)20-5-3-2-4-19(20)15-28/h2-9,16,28H,10-15H2,1H3. The summed E-state index contributed by atoms with van der Waals surface area (Å²) < 4.78 is 32.7. The monoisotopic (exact) mass is 429 g/mol. The molecule has 2 fully saturated rings. The van der Waals surface area contributed by atoms with Crippen LogP contribution in [0, 0.1) is 0 Å². The van der Waals surface area contributed by atoms with Crippen molar-refractivity contribution in [3.05, 3.63) is 59.7 Å². The number of halogens is 2. The summed E-state index contributed by atoms with van der Waals surface area (Å²) in [6.07, 6.45) is -1.07. The van der Waals surface area contributed by atoms with Gasteiger partial charge in [-0.2, -0.15) is 0 Å². The van der Waals surface area contributed by atoms with E-state index in [9.17, 15) is 23.5 Å². The zero-order chi connectivity index (χ0) is 22.2. The first-order valence-electron chi connectivity index (χ1n) is 10.4. The van der Waals surface area contributed by atoms with E-state index < -0.39 is 23.7 Å². The zero-order valence-corrected chi connectivity index (χ0v) is 17.3. The van der Waals surface area contributed by atoms with E-state index in [-0.39, 0.29) is 44.6 Å². The van der Waals surface area contributed by atoms with Crippen molar-refractivity contribution >= 4 is 11.9 Å². The molecule has 2 aromatic rings. The lowest BCUT2D eigenvalue weighted by molar-refractivity contribution is -0.0997. The van der Waals surface area contributed by atoms with Crippen molar-refractivity contribution in [1.29, 1.82) is 0 Å². The lowest BCUT2D eigenvalue weighted by Crippen LogP contribution is -2.48. The molecule has 31 heavy (non-hydrogen) atoms. The molecule has 2 aliphatic rings. The summed E-state index contributed by atoms with van der Waals surface area (Å²) in [6.45, 7) is 1.51. The Kier molecular flexibility index (Phi) is 5.56. The molecule has 1 aliphatic heterocycles. The minimum absolute atomic E-state index is 0.0838. The van der Waals surface area contributed by atoms with Gasteiger partial charge >= 0.3 is 6.09 Å². The summed E-state index contributed by atoms with van der Waals surface area (Å²) in [5, 5.41) is 9.52. The number of amides is 1. The van der Waals surface area contributed by atoms with Gasteiger partial charge < -0.3 is 9.84 Å². The predicted molar refractivity (Wildman–Crippen MR) is 111 cm³/mol. The third kappa shape index (κ3) is 4.06. The molecule has 1 amide bonds. The number of benzene rings is 2. The number of hydrogen-bond donors (Lipinski definition) is 1. The van der Waals surface area contributed by atoms with Crippen LogP contribution in [0.2, 0.25) is 0 Å².